The van der Waals surface area contributed by atoms with Crippen LogP contribution >= 0.6 is 11.8 Å². The van der Waals surface area contributed by atoms with E-state index in [-0.39, 0.29) is 23.9 Å². The zero-order valence-electron chi connectivity index (χ0n) is 18.1. The minimum absolute atomic E-state index is 0.0117. The summed E-state index contributed by atoms with van der Waals surface area (Å²) in [6.07, 6.45) is 1.83. The lowest BCUT2D eigenvalue weighted by Crippen LogP contribution is -2.42. The molecular formula is C23H23N5O4S. The molecule has 0 aliphatic carbocycles. The molecule has 0 aromatic heterocycles. The number of rotatable bonds is 8. The number of non-ortho nitro benzene ring substituents is 1. The maximum absolute atomic E-state index is 13.2. The Morgan fingerprint density at radius 3 is 2.85 bits per heavy atom. The van der Waals surface area contributed by atoms with Crippen LogP contribution in [0.5, 0.6) is 0 Å². The highest BCUT2D eigenvalue weighted by molar-refractivity contribution is 8.13. The van der Waals surface area contributed by atoms with Crippen molar-refractivity contribution in [2.24, 2.45) is 9.98 Å². The van der Waals surface area contributed by atoms with Crippen LogP contribution in [0.1, 0.15) is 37.3 Å². The van der Waals surface area contributed by atoms with Gasteiger partial charge in [-0.1, -0.05) is 49.4 Å². The van der Waals surface area contributed by atoms with Gasteiger partial charge in [0.05, 0.1) is 17.0 Å². The van der Waals surface area contributed by atoms with Crippen molar-refractivity contribution in [2.75, 3.05) is 6.54 Å². The first-order valence-electron chi connectivity index (χ1n) is 10.7. The van der Waals surface area contributed by atoms with Gasteiger partial charge >= 0.3 is 0 Å². The van der Waals surface area contributed by atoms with Crippen molar-refractivity contribution in [3.63, 3.8) is 0 Å². The molecular weight excluding hydrogens is 442 g/mol. The second kappa shape index (κ2) is 9.95. The molecule has 0 spiro atoms. The molecule has 0 radical (unpaired) electrons. The predicted octanol–water partition coefficient (Wildman–Crippen LogP) is 3.79. The van der Waals surface area contributed by atoms with Crippen LogP contribution in [0.15, 0.2) is 58.5 Å². The van der Waals surface area contributed by atoms with Crippen LogP contribution in [-0.4, -0.2) is 45.2 Å². The highest BCUT2D eigenvalue weighted by atomic mass is 32.2. The van der Waals surface area contributed by atoms with E-state index in [1.165, 1.54) is 28.8 Å². The molecule has 2 aliphatic heterocycles. The van der Waals surface area contributed by atoms with Crippen molar-refractivity contribution in [1.29, 1.82) is 0 Å². The van der Waals surface area contributed by atoms with Crippen molar-refractivity contribution in [3.8, 4) is 0 Å². The van der Waals surface area contributed by atoms with Crippen molar-refractivity contribution < 1.29 is 14.5 Å². The van der Waals surface area contributed by atoms with Crippen molar-refractivity contribution in [2.45, 2.75) is 38.0 Å². The molecule has 0 fully saturated rings. The smallest absolute Gasteiger partial charge is 0.269 e. The molecule has 33 heavy (non-hydrogen) atoms. The van der Waals surface area contributed by atoms with E-state index < -0.39 is 11.0 Å². The second-order valence-electron chi connectivity index (χ2n) is 7.68. The zero-order chi connectivity index (χ0) is 23.4. The molecule has 0 saturated carbocycles. The zero-order valence-corrected chi connectivity index (χ0v) is 18.9. The Morgan fingerprint density at radius 2 is 2.06 bits per heavy atom. The number of nitrogens with one attached hydrogen (secondary N) is 1. The van der Waals surface area contributed by atoms with Gasteiger partial charge in [-0.2, -0.15) is 0 Å². The fourth-order valence-electron chi connectivity index (χ4n) is 3.59. The third-order valence-electron chi connectivity index (χ3n) is 5.27. The van der Waals surface area contributed by atoms with Gasteiger partial charge in [0, 0.05) is 30.0 Å². The summed E-state index contributed by atoms with van der Waals surface area (Å²) >= 11 is 1.30. The first-order valence-corrected chi connectivity index (χ1v) is 11.7. The summed E-state index contributed by atoms with van der Waals surface area (Å²) in [6.45, 7) is 2.62. The SMILES string of the molecule is CCCCNC(=O)CC1N=C2c3ccccc3N=C(SCc3cccc([N+](=O)[O-])c3)N2C1=O. The number of hydrogen-bond acceptors (Lipinski definition) is 7. The largest absolute Gasteiger partial charge is 0.356 e. The molecule has 1 unspecified atom stereocenters. The molecule has 2 aliphatic rings. The Morgan fingerprint density at radius 1 is 1.24 bits per heavy atom. The second-order valence-corrected chi connectivity index (χ2v) is 8.62. The minimum atomic E-state index is -0.809. The Labute approximate surface area is 195 Å². The highest BCUT2D eigenvalue weighted by Crippen LogP contribution is 2.35. The third-order valence-corrected chi connectivity index (χ3v) is 6.28. The number of amides is 2. The van der Waals surface area contributed by atoms with E-state index in [2.05, 4.69) is 15.3 Å². The molecule has 1 N–H and O–H groups in total. The highest BCUT2D eigenvalue weighted by Gasteiger charge is 2.42. The van der Waals surface area contributed by atoms with Gasteiger partial charge in [0.1, 0.15) is 11.9 Å². The quantitative estimate of drug-likeness (QED) is 0.362. The third kappa shape index (κ3) is 4.95. The van der Waals surface area contributed by atoms with Gasteiger partial charge < -0.3 is 5.32 Å². The number of nitro benzene ring substituents is 1. The number of unbranched alkanes of at least 4 members (excludes halogenated alkanes) is 1. The Hall–Kier alpha value is -3.53. The van der Waals surface area contributed by atoms with Gasteiger partial charge in [0.15, 0.2) is 5.17 Å². The molecule has 2 aromatic rings. The standard InChI is InChI=1S/C23H23N5O4S/c1-2-3-11-24-20(29)13-19-22(30)27-21(25-19)17-9-4-5-10-18(17)26-23(27)33-14-15-7-6-8-16(12-15)28(31)32/h4-10,12,19H,2-3,11,13-14H2,1H3,(H,24,29). The Kier molecular flexibility index (Phi) is 6.83. The average molecular weight is 466 g/mol. The summed E-state index contributed by atoms with van der Waals surface area (Å²) in [5.41, 5.74) is 2.18. The van der Waals surface area contributed by atoms with Crippen molar-refractivity contribution in [1.82, 2.24) is 10.2 Å². The average Bonchev–Trinajstić information content (AvgIpc) is 3.14. The molecule has 2 amide bonds. The molecule has 0 bridgehead atoms. The fourth-order valence-corrected chi connectivity index (χ4v) is 4.54. The lowest BCUT2D eigenvalue weighted by Gasteiger charge is -2.25. The maximum atomic E-state index is 13.2. The Balaban J connectivity index is 1.56. The number of aliphatic imine (C=N–C) groups is 2. The molecule has 170 valence electrons. The van der Waals surface area contributed by atoms with Crippen molar-refractivity contribution >= 4 is 46.0 Å². The number of carbonyl (C=O) groups is 2. The van der Waals surface area contributed by atoms with Crippen molar-refractivity contribution in [3.05, 3.63) is 69.8 Å². The van der Waals surface area contributed by atoms with Crippen LogP contribution in [-0.2, 0) is 15.3 Å². The van der Waals surface area contributed by atoms with Crippen LogP contribution in [0.4, 0.5) is 11.4 Å². The maximum Gasteiger partial charge on any atom is 0.269 e. The summed E-state index contributed by atoms with van der Waals surface area (Å²) in [5.74, 6) is 0.373. The number of para-hydroxylation sites is 1. The lowest BCUT2D eigenvalue weighted by molar-refractivity contribution is -0.384. The van der Waals surface area contributed by atoms with Gasteiger partial charge in [-0.05, 0) is 24.1 Å². The topological polar surface area (TPSA) is 117 Å². The fraction of sp³-hybridized carbons (Fsp3) is 0.304. The van der Waals surface area contributed by atoms with Crippen LogP contribution in [0, 0.1) is 10.1 Å². The summed E-state index contributed by atoms with van der Waals surface area (Å²) in [4.78, 5) is 46.9. The molecule has 0 saturated heterocycles. The van der Waals surface area contributed by atoms with Crippen LogP contribution in [0.3, 0.4) is 0 Å². The molecule has 2 heterocycles. The number of fused-ring (bicyclic) bond motifs is 3. The van der Waals surface area contributed by atoms with Crippen LogP contribution in [0.2, 0.25) is 0 Å². The lowest BCUT2D eigenvalue weighted by atomic mass is 10.1. The monoisotopic (exact) mass is 465 g/mol. The first-order chi connectivity index (χ1) is 16.0. The summed E-state index contributed by atoms with van der Waals surface area (Å²) in [6, 6.07) is 13.0. The normalized spacial score (nSPS) is 16.6. The van der Waals surface area contributed by atoms with E-state index in [0.717, 1.165) is 24.0 Å². The number of benzene rings is 2. The number of nitro groups is 1. The number of nitrogens with zero attached hydrogens (tertiary/aromatic N) is 4. The molecule has 1 atom stereocenters. The number of hydrogen-bond donors (Lipinski definition) is 1. The van der Waals surface area contributed by atoms with E-state index in [1.54, 1.807) is 12.1 Å². The molecule has 2 aromatic carbocycles. The summed E-state index contributed by atoms with van der Waals surface area (Å²) in [5, 5.41) is 14.3. The van der Waals surface area contributed by atoms with E-state index in [4.69, 9.17) is 0 Å². The van der Waals surface area contributed by atoms with Crippen LogP contribution < -0.4 is 5.32 Å². The Bertz CT molecular complexity index is 1160. The van der Waals surface area contributed by atoms with Gasteiger partial charge in [0.2, 0.25) is 5.91 Å². The van der Waals surface area contributed by atoms with Gasteiger partial charge in [-0.3, -0.25) is 24.7 Å². The van der Waals surface area contributed by atoms with Crippen LogP contribution in [0.25, 0.3) is 0 Å². The summed E-state index contributed by atoms with van der Waals surface area (Å²) < 4.78 is 0. The minimum Gasteiger partial charge on any atom is -0.356 e. The van der Waals surface area contributed by atoms with E-state index in [1.807, 2.05) is 31.2 Å². The number of carbonyl (C=O) groups excluding carboxylic acids is 2. The molecule has 10 heteroatoms. The summed E-state index contributed by atoms with van der Waals surface area (Å²) in [7, 11) is 0. The van der Waals surface area contributed by atoms with Gasteiger partial charge in [-0.25, -0.2) is 9.89 Å². The first kappa shape index (κ1) is 22.7. The van der Waals surface area contributed by atoms with E-state index >= 15 is 0 Å². The van der Waals surface area contributed by atoms with Gasteiger partial charge in [-0.15, -0.1) is 0 Å². The number of thioether (sulfide) groups is 1. The molecule has 4 rings (SSSR count). The van der Waals surface area contributed by atoms with E-state index in [0.29, 0.717) is 29.0 Å². The van der Waals surface area contributed by atoms with Gasteiger partial charge in [0.25, 0.3) is 11.6 Å². The molecule has 9 nitrogen and oxygen atoms in total. The predicted molar refractivity (Wildman–Crippen MR) is 128 cm³/mol. The number of amidine groups is 2. The van der Waals surface area contributed by atoms with E-state index in [9.17, 15) is 19.7 Å².